The zero-order chi connectivity index (χ0) is 15.7. The number of sulfonamides is 1. The van der Waals surface area contributed by atoms with Crippen LogP contribution in [0.15, 0.2) is 24.3 Å². The van der Waals surface area contributed by atoms with Gasteiger partial charge < -0.3 is 0 Å². The minimum atomic E-state index is -3.35. The maximum absolute atomic E-state index is 12.5. The largest absolute Gasteiger partial charge is 0.259 e. The van der Waals surface area contributed by atoms with E-state index < -0.39 is 20.8 Å². The third kappa shape index (κ3) is 4.14. The Bertz CT molecular complexity index is 621. The molecule has 0 bridgehead atoms. The van der Waals surface area contributed by atoms with Crippen molar-refractivity contribution in [1.82, 2.24) is 4.31 Å². The first-order chi connectivity index (χ1) is 9.71. The van der Waals surface area contributed by atoms with Crippen molar-refractivity contribution < 1.29 is 12.6 Å². The molecule has 1 aromatic carbocycles. The van der Waals surface area contributed by atoms with Crippen molar-refractivity contribution >= 4 is 20.8 Å². The van der Waals surface area contributed by atoms with Gasteiger partial charge in [-0.15, -0.1) is 0 Å². The molecule has 1 aliphatic heterocycles. The van der Waals surface area contributed by atoms with Gasteiger partial charge in [0.1, 0.15) is 0 Å². The van der Waals surface area contributed by atoms with E-state index in [0.29, 0.717) is 25.3 Å². The van der Waals surface area contributed by atoms with Gasteiger partial charge in [0.15, 0.2) is 0 Å². The average Bonchev–Trinajstić information content (AvgIpc) is 2.53. The minimum absolute atomic E-state index is 0.0142. The summed E-state index contributed by atoms with van der Waals surface area (Å²) in [6.07, 6.45) is 0.632. The van der Waals surface area contributed by atoms with E-state index in [4.69, 9.17) is 0 Å². The molecule has 118 valence electrons. The van der Waals surface area contributed by atoms with Gasteiger partial charge in [-0.25, -0.2) is 12.7 Å². The monoisotopic (exact) mass is 329 g/mol. The van der Waals surface area contributed by atoms with Crippen molar-refractivity contribution in [2.75, 3.05) is 18.8 Å². The van der Waals surface area contributed by atoms with Gasteiger partial charge in [-0.1, -0.05) is 29.8 Å². The maximum atomic E-state index is 12.5. The standard InChI is InChI=1S/C15H23NO3S2/c1-13-4-6-14(7-5-13)12-21(18,19)16-9-8-15(2,3)20(17)11-10-16/h4-7H,8-12H2,1-3H3. The lowest BCUT2D eigenvalue weighted by Gasteiger charge is -2.22. The molecule has 1 fully saturated rings. The molecule has 1 aromatic rings. The molecule has 0 saturated carbocycles. The zero-order valence-corrected chi connectivity index (χ0v) is 14.5. The summed E-state index contributed by atoms with van der Waals surface area (Å²) in [5, 5.41) is 0. The van der Waals surface area contributed by atoms with Gasteiger partial charge in [-0.2, -0.15) is 0 Å². The summed E-state index contributed by atoms with van der Waals surface area (Å²) in [5.74, 6) is 0.431. The van der Waals surface area contributed by atoms with Crippen LogP contribution in [0.1, 0.15) is 31.4 Å². The Morgan fingerprint density at radius 2 is 1.81 bits per heavy atom. The van der Waals surface area contributed by atoms with Gasteiger partial charge in [-0.3, -0.25) is 4.21 Å². The van der Waals surface area contributed by atoms with Crippen LogP contribution in [0.2, 0.25) is 0 Å². The highest BCUT2D eigenvalue weighted by Gasteiger charge is 2.33. The first-order valence-corrected chi connectivity index (χ1v) is 10.1. The summed E-state index contributed by atoms with van der Waals surface area (Å²) >= 11 is 0. The van der Waals surface area contributed by atoms with Crippen molar-refractivity contribution in [2.45, 2.75) is 37.7 Å². The lowest BCUT2D eigenvalue weighted by Crippen LogP contribution is -2.34. The predicted molar refractivity (Wildman–Crippen MR) is 87.1 cm³/mol. The Kier molecular flexibility index (Phi) is 4.90. The summed E-state index contributed by atoms with van der Waals surface area (Å²) in [6, 6.07) is 7.55. The van der Waals surface area contributed by atoms with Crippen molar-refractivity contribution in [3.05, 3.63) is 35.4 Å². The molecule has 21 heavy (non-hydrogen) atoms. The summed E-state index contributed by atoms with van der Waals surface area (Å²) in [7, 11) is -4.33. The van der Waals surface area contributed by atoms with E-state index in [1.54, 1.807) is 0 Å². The third-order valence-corrected chi connectivity index (χ3v) is 7.81. The molecule has 1 atom stereocenters. The van der Waals surface area contributed by atoms with E-state index in [-0.39, 0.29) is 10.5 Å². The fraction of sp³-hybridized carbons (Fsp3) is 0.600. The molecule has 0 radical (unpaired) electrons. The highest BCUT2D eigenvalue weighted by Crippen LogP contribution is 2.24. The molecule has 0 amide bonds. The van der Waals surface area contributed by atoms with E-state index in [1.165, 1.54) is 4.31 Å². The smallest absolute Gasteiger partial charge is 0.218 e. The lowest BCUT2D eigenvalue weighted by molar-refractivity contribution is 0.414. The minimum Gasteiger partial charge on any atom is -0.259 e. The summed E-state index contributed by atoms with van der Waals surface area (Å²) in [5.41, 5.74) is 1.91. The van der Waals surface area contributed by atoms with Crippen LogP contribution in [-0.4, -0.2) is 40.5 Å². The lowest BCUT2D eigenvalue weighted by atomic mass is 10.1. The molecule has 0 spiro atoms. The molecule has 1 saturated heterocycles. The van der Waals surface area contributed by atoms with Gasteiger partial charge >= 0.3 is 0 Å². The molecule has 6 heteroatoms. The van der Waals surface area contributed by atoms with Gasteiger partial charge in [0.05, 0.1) is 5.75 Å². The van der Waals surface area contributed by atoms with E-state index in [9.17, 15) is 12.6 Å². The zero-order valence-electron chi connectivity index (χ0n) is 12.8. The third-order valence-electron chi connectivity index (χ3n) is 3.97. The van der Waals surface area contributed by atoms with Crippen LogP contribution in [0.3, 0.4) is 0 Å². The van der Waals surface area contributed by atoms with Gasteiger partial charge in [0.2, 0.25) is 10.0 Å². The van der Waals surface area contributed by atoms with Gasteiger partial charge in [0, 0.05) is 34.4 Å². The Balaban J connectivity index is 2.12. The fourth-order valence-corrected chi connectivity index (χ4v) is 5.25. The van der Waals surface area contributed by atoms with Crippen LogP contribution in [0.4, 0.5) is 0 Å². The summed E-state index contributed by atoms with van der Waals surface area (Å²) in [6.45, 7) is 6.67. The molecular formula is C15H23NO3S2. The SMILES string of the molecule is Cc1ccc(CS(=O)(=O)N2CCS(=O)C(C)(C)CC2)cc1. The van der Waals surface area contributed by atoms with Crippen LogP contribution in [-0.2, 0) is 26.6 Å². The second-order valence-electron chi connectivity index (χ2n) is 6.20. The van der Waals surface area contributed by atoms with Crippen LogP contribution in [0.5, 0.6) is 0 Å². The fourth-order valence-electron chi connectivity index (χ4n) is 2.34. The number of hydrogen-bond donors (Lipinski definition) is 0. The van der Waals surface area contributed by atoms with Crippen LogP contribution in [0, 0.1) is 6.92 Å². The van der Waals surface area contributed by atoms with Gasteiger partial charge in [0.25, 0.3) is 0 Å². The van der Waals surface area contributed by atoms with Crippen LogP contribution < -0.4 is 0 Å². The first-order valence-electron chi connectivity index (χ1n) is 7.12. The molecule has 0 aromatic heterocycles. The van der Waals surface area contributed by atoms with Crippen molar-refractivity contribution in [2.24, 2.45) is 0 Å². The average molecular weight is 329 g/mol. The Morgan fingerprint density at radius 1 is 1.19 bits per heavy atom. The number of nitrogens with zero attached hydrogens (tertiary/aromatic N) is 1. The molecular weight excluding hydrogens is 306 g/mol. The highest BCUT2D eigenvalue weighted by atomic mass is 32.2. The van der Waals surface area contributed by atoms with E-state index in [1.807, 2.05) is 45.0 Å². The number of rotatable bonds is 3. The van der Waals surface area contributed by atoms with E-state index >= 15 is 0 Å². The van der Waals surface area contributed by atoms with Gasteiger partial charge in [-0.05, 0) is 32.8 Å². The van der Waals surface area contributed by atoms with Crippen LogP contribution in [0.25, 0.3) is 0 Å². The highest BCUT2D eigenvalue weighted by molar-refractivity contribution is 7.88. The molecule has 1 unspecified atom stereocenters. The Hall–Kier alpha value is -0.720. The molecule has 2 rings (SSSR count). The molecule has 4 nitrogen and oxygen atoms in total. The quantitative estimate of drug-likeness (QED) is 0.853. The first kappa shape index (κ1) is 16.6. The molecule has 1 aliphatic rings. The number of benzene rings is 1. The molecule has 1 heterocycles. The van der Waals surface area contributed by atoms with Crippen molar-refractivity contribution in [1.29, 1.82) is 0 Å². The second kappa shape index (κ2) is 6.18. The molecule has 0 N–H and O–H groups in total. The Labute approximate surface area is 130 Å². The Morgan fingerprint density at radius 3 is 2.43 bits per heavy atom. The predicted octanol–water partition coefficient (Wildman–Crippen LogP) is 2.06. The summed E-state index contributed by atoms with van der Waals surface area (Å²) in [4.78, 5) is 0. The van der Waals surface area contributed by atoms with Crippen molar-refractivity contribution in [3.8, 4) is 0 Å². The molecule has 0 aliphatic carbocycles. The van der Waals surface area contributed by atoms with Crippen LogP contribution >= 0.6 is 0 Å². The normalized spacial score (nSPS) is 23.7. The van der Waals surface area contributed by atoms with Crippen molar-refractivity contribution in [3.63, 3.8) is 0 Å². The summed E-state index contributed by atoms with van der Waals surface area (Å²) < 4.78 is 38.4. The topological polar surface area (TPSA) is 54.5 Å². The second-order valence-corrected chi connectivity index (χ2v) is 10.4. The number of hydrogen-bond acceptors (Lipinski definition) is 3. The van der Waals surface area contributed by atoms with E-state index in [2.05, 4.69) is 0 Å². The number of aryl methyl sites for hydroxylation is 1. The maximum Gasteiger partial charge on any atom is 0.218 e. The van der Waals surface area contributed by atoms with E-state index in [0.717, 1.165) is 11.1 Å².